The van der Waals surface area contributed by atoms with Gasteiger partial charge in [-0.25, -0.2) is 0 Å². The van der Waals surface area contributed by atoms with E-state index in [-0.39, 0.29) is 6.04 Å². The van der Waals surface area contributed by atoms with E-state index in [1.54, 1.807) is 0 Å². The standard InChI is InChI=1S/C5H7NOS/c7-5-4-1-3(8-5)2-6-4/h3-4,6H,1-2H2. The molecule has 0 amide bonds. The van der Waals surface area contributed by atoms with Crippen LogP contribution in [0.5, 0.6) is 0 Å². The highest BCUT2D eigenvalue weighted by Crippen LogP contribution is 2.32. The Bertz CT molecular complexity index is 136. The molecule has 1 N–H and O–H groups in total. The van der Waals surface area contributed by atoms with Gasteiger partial charge < -0.3 is 5.32 Å². The van der Waals surface area contributed by atoms with Crippen LogP contribution < -0.4 is 5.32 Å². The topological polar surface area (TPSA) is 29.1 Å². The molecular formula is C5H7NOS. The normalized spacial score (nSPS) is 43.8. The van der Waals surface area contributed by atoms with Gasteiger partial charge in [-0.15, -0.1) is 0 Å². The highest BCUT2D eigenvalue weighted by atomic mass is 32.2. The Morgan fingerprint density at radius 2 is 2.62 bits per heavy atom. The average molecular weight is 129 g/mol. The second-order valence-electron chi connectivity index (χ2n) is 2.26. The fraction of sp³-hybridized carbons (Fsp3) is 0.800. The first-order valence-corrected chi connectivity index (χ1v) is 3.68. The molecule has 0 spiro atoms. The summed E-state index contributed by atoms with van der Waals surface area (Å²) in [5.41, 5.74) is 0. The van der Waals surface area contributed by atoms with E-state index in [4.69, 9.17) is 0 Å². The summed E-state index contributed by atoms with van der Waals surface area (Å²) in [5.74, 6) is 0. The third kappa shape index (κ3) is 0.514. The fourth-order valence-electron chi connectivity index (χ4n) is 1.22. The Morgan fingerprint density at radius 3 is 2.88 bits per heavy atom. The number of carbonyl (C=O) groups excluding carboxylic acids is 1. The van der Waals surface area contributed by atoms with Gasteiger partial charge in [0.2, 0.25) is 5.12 Å². The maximum Gasteiger partial charge on any atom is 0.206 e. The predicted octanol–water partition coefficient (Wildman–Crippen LogP) is -0.00970. The molecule has 0 aliphatic carbocycles. The average Bonchev–Trinajstić information content (AvgIpc) is 2.23. The van der Waals surface area contributed by atoms with Crippen LogP contribution in [-0.2, 0) is 4.79 Å². The molecule has 2 heterocycles. The minimum Gasteiger partial charge on any atom is -0.306 e. The third-order valence-electron chi connectivity index (χ3n) is 1.66. The number of hydrogen-bond donors (Lipinski definition) is 1. The van der Waals surface area contributed by atoms with E-state index < -0.39 is 0 Å². The second kappa shape index (κ2) is 1.48. The summed E-state index contributed by atoms with van der Waals surface area (Å²) in [6.45, 7) is 1.04. The van der Waals surface area contributed by atoms with E-state index in [0.717, 1.165) is 13.0 Å². The number of hydrogen-bond acceptors (Lipinski definition) is 3. The van der Waals surface area contributed by atoms with Crippen LogP contribution in [0.2, 0.25) is 0 Å². The molecule has 8 heavy (non-hydrogen) atoms. The second-order valence-corrected chi connectivity index (χ2v) is 3.56. The zero-order valence-corrected chi connectivity index (χ0v) is 5.20. The summed E-state index contributed by atoms with van der Waals surface area (Å²) in [4.78, 5) is 10.7. The summed E-state index contributed by atoms with van der Waals surface area (Å²) < 4.78 is 0. The van der Waals surface area contributed by atoms with Crippen molar-refractivity contribution in [1.29, 1.82) is 0 Å². The Hall–Kier alpha value is -0.0200. The van der Waals surface area contributed by atoms with Crippen LogP contribution in [0.1, 0.15) is 6.42 Å². The highest BCUT2D eigenvalue weighted by molar-refractivity contribution is 8.14. The minimum atomic E-state index is 0.213. The van der Waals surface area contributed by atoms with Gasteiger partial charge in [0.1, 0.15) is 0 Å². The molecule has 2 unspecified atom stereocenters. The van der Waals surface area contributed by atoms with Crippen molar-refractivity contribution in [2.45, 2.75) is 17.7 Å². The zero-order chi connectivity index (χ0) is 5.56. The number of nitrogens with one attached hydrogen (secondary N) is 1. The molecular weight excluding hydrogens is 122 g/mol. The largest absolute Gasteiger partial charge is 0.306 e. The van der Waals surface area contributed by atoms with E-state index in [1.165, 1.54) is 11.8 Å². The molecule has 2 aliphatic heterocycles. The predicted molar refractivity (Wildman–Crippen MR) is 32.8 cm³/mol. The van der Waals surface area contributed by atoms with Crippen LogP contribution >= 0.6 is 11.8 Å². The first kappa shape index (κ1) is 4.82. The van der Waals surface area contributed by atoms with Crippen LogP contribution in [-0.4, -0.2) is 23.0 Å². The molecule has 2 atom stereocenters. The number of rotatable bonds is 0. The van der Waals surface area contributed by atoms with E-state index in [0.29, 0.717) is 10.4 Å². The maximum absolute atomic E-state index is 10.7. The van der Waals surface area contributed by atoms with E-state index >= 15 is 0 Å². The number of fused-ring (bicyclic) bond motifs is 2. The minimum absolute atomic E-state index is 0.213. The van der Waals surface area contributed by atoms with Crippen molar-refractivity contribution < 1.29 is 4.79 Å². The van der Waals surface area contributed by atoms with Gasteiger partial charge in [-0.3, -0.25) is 4.79 Å². The lowest BCUT2D eigenvalue weighted by Gasteiger charge is -2.06. The number of thioether (sulfide) groups is 1. The van der Waals surface area contributed by atoms with Crippen molar-refractivity contribution in [3.05, 3.63) is 0 Å². The molecule has 2 fully saturated rings. The van der Waals surface area contributed by atoms with Crippen molar-refractivity contribution in [2.75, 3.05) is 6.54 Å². The highest BCUT2D eigenvalue weighted by Gasteiger charge is 2.38. The van der Waals surface area contributed by atoms with Gasteiger partial charge >= 0.3 is 0 Å². The summed E-state index contributed by atoms with van der Waals surface area (Å²) in [7, 11) is 0. The van der Waals surface area contributed by atoms with Crippen LogP contribution in [0.4, 0.5) is 0 Å². The molecule has 2 rings (SSSR count). The molecule has 0 aromatic rings. The smallest absolute Gasteiger partial charge is 0.206 e. The van der Waals surface area contributed by atoms with Crippen molar-refractivity contribution in [2.24, 2.45) is 0 Å². The van der Waals surface area contributed by atoms with Crippen molar-refractivity contribution in [3.8, 4) is 0 Å². The van der Waals surface area contributed by atoms with Gasteiger partial charge in [-0.05, 0) is 6.42 Å². The molecule has 0 saturated carbocycles. The zero-order valence-electron chi connectivity index (χ0n) is 4.39. The summed E-state index contributed by atoms with van der Waals surface area (Å²) in [6.07, 6.45) is 1.07. The molecule has 0 aromatic carbocycles. The molecule has 3 heteroatoms. The molecule has 0 radical (unpaired) electrons. The van der Waals surface area contributed by atoms with Crippen LogP contribution in [0.25, 0.3) is 0 Å². The van der Waals surface area contributed by atoms with Gasteiger partial charge in [0.25, 0.3) is 0 Å². The molecule has 2 aliphatic rings. The Morgan fingerprint density at radius 1 is 1.75 bits per heavy atom. The van der Waals surface area contributed by atoms with Crippen LogP contribution in [0.3, 0.4) is 0 Å². The monoisotopic (exact) mass is 129 g/mol. The van der Waals surface area contributed by atoms with E-state index in [1.807, 2.05) is 0 Å². The van der Waals surface area contributed by atoms with Crippen LogP contribution in [0, 0.1) is 0 Å². The summed E-state index contributed by atoms with van der Waals surface area (Å²) >= 11 is 1.51. The molecule has 2 saturated heterocycles. The molecule has 2 bridgehead atoms. The maximum atomic E-state index is 10.7. The first-order valence-electron chi connectivity index (χ1n) is 2.80. The van der Waals surface area contributed by atoms with E-state index in [2.05, 4.69) is 5.32 Å². The first-order chi connectivity index (χ1) is 3.86. The van der Waals surface area contributed by atoms with Gasteiger partial charge in [0.05, 0.1) is 6.04 Å². The molecule has 44 valence electrons. The van der Waals surface area contributed by atoms with Gasteiger partial charge in [0.15, 0.2) is 0 Å². The summed E-state index contributed by atoms with van der Waals surface area (Å²) in [5, 5.41) is 4.09. The van der Waals surface area contributed by atoms with Crippen molar-refractivity contribution in [1.82, 2.24) is 5.32 Å². The lowest BCUT2D eigenvalue weighted by Crippen LogP contribution is -2.30. The van der Waals surface area contributed by atoms with Gasteiger partial charge in [-0.1, -0.05) is 11.8 Å². The van der Waals surface area contributed by atoms with Crippen molar-refractivity contribution >= 4 is 16.9 Å². The number of carbonyl (C=O) groups is 1. The summed E-state index contributed by atoms with van der Waals surface area (Å²) in [6, 6.07) is 0.213. The molecule has 2 nitrogen and oxygen atoms in total. The Labute approximate surface area is 52.0 Å². The SMILES string of the molecule is O=C1SC2CNC1C2. The van der Waals surface area contributed by atoms with E-state index in [9.17, 15) is 4.79 Å². The van der Waals surface area contributed by atoms with Gasteiger partial charge in [0, 0.05) is 11.8 Å². The third-order valence-corrected chi connectivity index (χ3v) is 2.87. The van der Waals surface area contributed by atoms with Gasteiger partial charge in [-0.2, -0.15) is 0 Å². The Balaban J connectivity index is 2.22. The molecule has 0 aromatic heterocycles. The van der Waals surface area contributed by atoms with Crippen LogP contribution in [0.15, 0.2) is 0 Å². The lowest BCUT2D eigenvalue weighted by molar-refractivity contribution is -0.112. The quantitative estimate of drug-likeness (QED) is 0.499. The van der Waals surface area contributed by atoms with Crippen molar-refractivity contribution in [3.63, 3.8) is 0 Å². The Kier molecular flexibility index (Phi) is 0.893. The lowest BCUT2D eigenvalue weighted by atomic mass is 10.2. The fourth-order valence-corrected chi connectivity index (χ4v) is 2.36.